The summed E-state index contributed by atoms with van der Waals surface area (Å²) < 4.78 is 18.7. The highest BCUT2D eigenvalue weighted by Crippen LogP contribution is 2.18. The zero-order valence-electron chi connectivity index (χ0n) is 10.8. The van der Waals surface area contributed by atoms with Crippen LogP contribution in [0.25, 0.3) is 6.08 Å². The molecular weight excluding hydrogens is 267 g/mol. The van der Waals surface area contributed by atoms with E-state index in [4.69, 9.17) is 9.84 Å². The van der Waals surface area contributed by atoms with Gasteiger partial charge in [-0.05, 0) is 35.4 Å². The number of ether oxygens (including phenoxy) is 1. The SMILES string of the molecule is COCCCSCc1ccc(C=CC(=O)O)cc1F. The number of carbonyl (C=O) groups is 1. The van der Waals surface area contributed by atoms with Crippen LogP contribution in [0.1, 0.15) is 17.5 Å². The van der Waals surface area contributed by atoms with Crippen molar-refractivity contribution in [3.05, 3.63) is 41.2 Å². The Kier molecular flexibility index (Phi) is 7.22. The number of hydrogen-bond acceptors (Lipinski definition) is 3. The van der Waals surface area contributed by atoms with Gasteiger partial charge in [0.1, 0.15) is 5.82 Å². The Bertz CT molecular complexity index is 446. The Labute approximate surface area is 116 Å². The van der Waals surface area contributed by atoms with Gasteiger partial charge in [0.05, 0.1) is 0 Å². The van der Waals surface area contributed by atoms with Crippen LogP contribution in [0.5, 0.6) is 0 Å². The predicted molar refractivity (Wildman–Crippen MR) is 75.7 cm³/mol. The summed E-state index contributed by atoms with van der Waals surface area (Å²) in [6.45, 7) is 0.717. The zero-order chi connectivity index (χ0) is 14.1. The molecule has 0 aromatic heterocycles. The first-order chi connectivity index (χ1) is 9.13. The molecule has 0 saturated heterocycles. The van der Waals surface area contributed by atoms with Crippen LogP contribution in [-0.4, -0.2) is 30.5 Å². The third-order valence-electron chi connectivity index (χ3n) is 2.39. The molecule has 1 N–H and O–H groups in total. The van der Waals surface area contributed by atoms with Crippen LogP contribution >= 0.6 is 11.8 Å². The van der Waals surface area contributed by atoms with E-state index in [2.05, 4.69) is 0 Å². The van der Waals surface area contributed by atoms with Crippen LogP contribution < -0.4 is 0 Å². The van der Waals surface area contributed by atoms with Gasteiger partial charge in [0, 0.05) is 25.5 Å². The third-order valence-corrected chi connectivity index (χ3v) is 3.48. The van der Waals surface area contributed by atoms with Gasteiger partial charge in [-0.1, -0.05) is 12.1 Å². The minimum absolute atomic E-state index is 0.299. The standard InChI is InChI=1S/C14H17FO3S/c1-18-7-2-8-19-10-12-5-3-11(9-13(12)15)4-6-14(16)17/h3-6,9H,2,7-8,10H2,1H3,(H,16,17). The quantitative estimate of drug-likeness (QED) is 0.588. The van der Waals surface area contributed by atoms with Crippen molar-refractivity contribution in [1.29, 1.82) is 0 Å². The van der Waals surface area contributed by atoms with E-state index in [1.807, 2.05) is 0 Å². The average molecular weight is 284 g/mol. The van der Waals surface area contributed by atoms with Crippen LogP contribution in [0.3, 0.4) is 0 Å². The highest BCUT2D eigenvalue weighted by Gasteiger charge is 2.03. The van der Waals surface area contributed by atoms with E-state index in [1.165, 1.54) is 12.1 Å². The fraction of sp³-hybridized carbons (Fsp3) is 0.357. The smallest absolute Gasteiger partial charge is 0.328 e. The van der Waals surface area contributed by atoms with Crippen LogP contribution in [-0.2, 0) is 15.3 Å². The highest BCUT2D eigenvalue weighted by atomic mass is 32.2. The van der Waals surface area contributed by atoms with Gasteiger partial charge >= 0.3 is 5.97 Å². The molecule has 1 aromatic rings. The molecule has 0 aliphatic heterocycles. The summed E-state index contributed by atoms with van der Waals surface area (Å²) in [5, 5.41) is 8.49. The van der Waals surface area contributed by atoms with E-state index < -0.39 is 5.97 Å². The number of benzene rings is 1. The molecular formula is C14H17FO3S. The Hall–Kier alpha value is -1.33. The summed E-state index contributed by atoms with van der Waals surface area (Å²) in [5.41, 5.74) is 1.18. The fourth-order valence-electron chi connectivity index (χ4n) is 1.44. The molecule has 5 heteroatoms. The minimum Gasteiger partial charge on any atom is -0.478 e. The maximum Gasteiger partial charge on any atom is 0.328 e. The fourth-order valence-corrected chi connectivity index (χ4v) is 2.36. The van der Waals surface area contributed by atoms with Crippen LogP contribution in [0.4, 0.5) is 4.39 Å². The zero-order valence-corrected chi connectivity index (χ0v) is 11.6. The van der Waals surface area contributed by atoms with E-state index >= 15 is 0 Å². The Morgan fingerprint density at radius 3 is 2.95 bits per heavy atom. The monoisotopic (exact) mass is 284 g/mol. The molecule has 0 fully saturated rings. The second kappa shape index (κ2) is 8.72. The van der Waals surface area contributed by atoms with E-state index in [0.717, 1.165) is 18.2 Å². The molecule has 0 heterocycles. The molecule has 0 aliphatic rings. The molecule has 3 nitrogen and oxygen atoms in total. The normalized spacial score (nSPS) is 11.1. The molecule has 0 amide bonds. The topological polar surface area (TPSA) is 46.5 Å². The first-order valence-corrected chi connectivity index (χ1v) is 7.05. The number of rotatable bonds is 8. The van der Waals surface area contributed by atoms with Crippen molar-refractivity contribution in [2.45, 2.75) is 12.2 Å². The number of carboxylic acid groups (broad SMARTS) is 1. The van der Waals surface area contributed by atoms with Crippen molar-refractivity contribution in [1.82, 2.24) is 0 Å². The van der Waals surface area contributed by atoms with Crippen molar-refractivity contribution in [2.24, 2.45) is 0 Å². The lowest BCUT2D eigenvalue weighted by Crippen LogP contribution is -1.93. The number of aliphatic carboxylic acids is 1. The minimum atomic E-state index is -1.04. The van der Waals surface area contributed by atoms with Crippen molar-refractivity contribution in [3.8, 4) is 0 Å². The highest BCUT2D eigenvalue weighted by molar-refractivity contribution is 7.98. The number of methoxy groups -OCH3 is 1. The molecule has 0 aliphatic carbocycles. The van der Waals surface area contributed by atoms with Gasteiger partial charge in [-0.3, -0.25) is 0 Å². The van der Waals surface area contributed by atoms with Crippen LogP contribution in [0, 0.1) is 5.82 Å². The summed E-state index contributed by atoms with van der Waals surface area (Å²) in [6, 6.07) is 4.76. The molecule has 0 spiro atoms. The number of thioether (sulfide) groups is 1. The summed E-state index contributed by atoms with van der Waals surface area (Å²) in [7, 11) is 1.66. The van der Waals surface area contributed by atoms with Gasteiger partial charge in [0.2, 0.25) is 0 Å². The first kappa shape index (κ1) is 15.7. The summed E-state index contributed by atoms with van der Waals surface area (Å²) >= 11 is 1.65. The Morgan fingerprint density at radius 1 is 1.53 bits per heavy atom. The Balaban J connectivity index is 2.50. The third kappa shape index (κ3) is 6.40. The van der Waals surface area contributed by atoms with Gasteiger partial charge in [-0.15, -0.1) is 0 Å². The molecule has 1 aromatic carbocycles. The van der Waals surface area contributed by atoms with Gasteiger partial charge in [-0.25, -0.2) is 9.18 Å². The van der Waals surface area contributed by atoms with Gasteiger partial charge in [-0.2, -0.15) is 11.8 Å². The summed E-state index contributed by atoms with van der Waals surface area (Å²) in [5.74, 6) is 0.192. The molecule has 0 saturated carbocycles. The molecule has 104 valence electrons. The van der Waals surface area contributed by atoms with Crippen molar-refractivity contribution in [2.75, 3.05) is 19.5 Å². The lowest BCUT2D eigenvalue weighted by Gasteiger charge is -2.04. The van der Waals surface area contributed by atoms with E-state index in [9.17, 15) is 9.18 Å². The maximum atomic E-state index is 13.7. The lowest BCUT2D eigenvalue weighted by molar-refractivity contribution is -0.131. The lowest BCUT2D eigenvalue weighted by atomic mass is 10.1. The summed E-state index contributed by atoms with van der Waals surface area (Å²) in [6.07, 6.45) is 3.32. The molecule has 0 bridgehead atoms. The van der Waals surface area contributed by atoms with E-state index in [1.54, 1.807) is 31.0 Å². The van der Waals surface area contributed by atoms with E-state index in [0.29, 0.717) is 23.5 Å². The second-order valence-corrected chi connectivity index (χ2v) is 5.03. The van der Waals surface area contributed by atoms with Gasteiger partial charge in [0.15, 0.2) is 0 Å². The largest absolute Gasteiger partial charge is 0.478 e. The van der Waals surface area contributed by atoms with E-state index in [-0.39, 0.29) is 5.82 Å². The molecule has 0 unspecified atom stereocenters. The second-order valence-electron chi connectivity index (χ2n) is 3.92. The molecule has 0 radical (unpaired) electrons. The molecule has 19 heavy (non-hydrogen) atoms. The average Bonchev–Trinajstić information content (AvgIpc) is 2.38. The predicted octanol–water partition coefficient (Wildman–Crippen LogP) is 3.19. The van der Waals surface area contributed by atoms with Crippen molar-refractivity contribution >= 4 is 23.8 Å². The van der Waals surface area contributed by atoms with Crippen molar-refractivity contribution in [3.63, 3.8) is 0 Å². The number of hydrogen-bond donors (Lipinski definition) is 1. The number of carboxylic acids is 1. The first-order valence-electron chi connectivity index (χ1n) is 5.89. The maximum absolute atomic E-state index is 13.7. The summed E-state index contributed by atoms with van der Waals surface area (Å²) in [4.78, 5) is 10.4. The number of halogens is 1. The Morgan fingerprint density at radius 2 is 2.32 bits per heavy atom. The van der Waals surface area contributed by atoms with Crippen LogP contribution in [0.15, 0.2) is 24.3 Å². The van der Waals surface area contributed by atoms with Gasteiger partial charge < -0.3 is 9.84 Å². The van der Waals surface area contributed by atoms with Crippen molar-refractivity contribution < 1.29 is 19.0 Å². The van der Waals surface area contributed by atoms with Crippen LogP contribution in [0.2, 0.25) is 0 Å². The van der Waals surface area contributed by atoms with Gasteiger partial charge in [0.25, 0.3) is 0 Å². The molecule has 1 rings (SSSR count). The molecule has 0 atom stereocenters.